The predicted molar refractivity (Wildman–Crippen MR) is 59.1 cm³/mol. The molecule has 0 aliphatic heterocycles. The lowest BCUT2D eigenvalue weighted by molar-refractivity contribution is 0.628. The van der Waals surface area contributed by atoms with Crippen molar-refractivity contribution in [3.8, 4) is 11.3 Å². The SMILES string of the molecule is Nc1ccc(-c2ccc(F)cc2Cl)nc1. The summed E-state index contributed by atoms with van der Waals surface area (Å²) < 4.78 is 12.8. The van der Waals surface area contributed by atoms with Gasteiger partial charge < -0.3 is 5.73 Å². The molecule has 1 aromatic carbocycles. The summed E-state index contributed by atoms with van der Waals surface area (Å²) >= 11 is 5.89. The molecule has 1 aromatic heterocycles. The highest BCUT2D eigenvalue weighted by Crippen LogP contribution is 2.27. The number of hydrogen-bond donors (Lipinski definition) is 1. The number of benzene rings is 1. The van der Waals surface area contributed by atoms with E-state index >= 15 is 0 Å². The van der Waals surface area contributed by atoms with Gasteiger partial charge in [0.15, 0.2) is 0 Å². The van der Waals surface area contributed by atoms with Gasteiger partial charge in [-0.25, -0.2) is 4.39 Å². The number of rotatable bonds is 1. The third-order valence-corrected chi connectivity index (χ3v) is 2.31. The Bertz CT molecular complexity index is 482. The number of aromatic nitrogens is 1. The molecule has 2 aromatic rings. The van der Waals surface area contributed by atoms with E-state index in [9.17, 15) is 4.39 Å². The van der Waals surface area contributed by atoms with Crippen LogP contribution in [0.3, 0.4) is 0 Å². The van der Waals surface area contributed by atoms with E-state index in [0.717, 1.165) is 0 Å². The van der Waals surface area contributed by atoms with E-state index in [2.05, 4.69) is 4.98 Å². The van der Waals surface area contributed by atoms with Crippen LogP contribution in [0.1, 0.15) is 0 Å². The molecule has 0 radical (unpaired) electrons. The zero-order chi connectivity index (χ0) is 10.8. The maximum Gasteiger partial charge on any atom is 0.124 e. The standard InChI is InChI=1S/C11H8ClFN2/c12-10-5-7(13)1-3-9(10)11-4-2-8(14)6-15-11/h1-6H,14H2. The Balaban J connectivity index is 2.49. The average Bonchev–Trinajstić information content (AvgIpc) is 2.20. The molecule has 76 valence electrons. The average molecular weight is 223 g/mol. The van der Waals surface area contributed by atoms with E-state index in [4.69, 9.17) is 17.3 Å². The topological polar surface area (TPSA) is 38.9 Å². The molecule has 0 amide bonds. The highest BCUT2D eigenvalue weighted by molar-refractivity contribution is 6.33. The first-order chi connectivity index (χ1) is 7.16. The van der Waals surface area contributed by atoms with Crippen molar-refractivity contribution in [1.29, 1.82) is 0 Å². The molecule has 15 heavy (non-hydrogen) atoms. The van der Waals surface area contributed by atoms with Crippen molar-refractivity contribution in [2.75, 3.05) is 5.73 Å². The summed E-state index contributed by atoms with van der Waals surface area (Å²) in [4.78, 5) is 4.11. The predicted octanol–water partition coefficient (Wildman–Crippen LogP) is 3.12. The molecule has 0 aliphatic carbocycles. The Morgan fingerprint density at radius 3 is 2.60 bits per heavy atom. The molecule has 0 spiro atoms. The van der Waals surface area contributed by atoms with Crippen LogP contribution >= 0.6 is 11.6 Å². The molecule has 0 unspecified atom stereocenters. The molecule has 0 atom stereocenters. The second-order valence-electron chi connectivity index (χ2n) is 3.10. The molecule has 0 saturated carbocycles. The largest absolute Gasteiger partial charge is 0.397 e. The molecule has 0 bridgehead atoms. The fourth-order valence-corrected chi connectivity index (χ4v) is 1.53. The zero-order valence-electron chi connectivity index (χ0n) is 7.74. The fraction of sp³-hybridized carbons (Fsp3) is 0. The lowest BCUT2D eigenvalue weighted by Gasteiger charge is -2.03. The lowest BCUT2D eigenvalue weighted by atomic mass is 10.1. The van der Waals surface area contributed by atoms with Crippen molar-refractivity contribution in [3.63, 3.8) is 0 Å². The van der Waals surface area contributed by atoms with E-state index in [1.54, 1.807) is 18.2 Å². The molecular formula is C11H8ClFN2. The Kier molecular flexibility index (Phi) is 2.56. The summed E-state index contributed by atoms with van der Waals surface area (Å²) in [5, 5.41) is 0.340. The summed E-state index contributed by atoms with van der Waals surface area (Å²) in [6.07, 6.45) is 1.54. The number of halogens is 2. The van der Waals surface area contributed by atoms with Crippen LogP contribution in [-0.4, -0.2) is 4.98 Å². The molecule has 2 N–H and O–H groups in total. The van der Waals surface area contributed by atoms with Gasteiger partial charge in [-0.3, -0.25) is 4.98 Å². The molecule has 0 saturated heterocycles. The maximum absolute atomic E-state index is 12.8. The van der Waals surface area contributed by atoms with Crippen LogP contribution < -0.4 is 5.73 Å². The fourth-order valence-electron chi connectivity index (χ4n) is 1.26. The van der Waals surface area contributed by atoms with Crippen LogP contribution in [0, 0.1) is 5.82 Å². The Morgan fingerprint density at radius 1 is 1.20 bits per heavy atom. The normalized spacial score (nSPS) is 10.3. The van der Waals surface area contributed by atoms with Crippen molar-refractivity contribution < 1.29 is 4.39 Å². The smallest absolute Gasteiger partial charge is 0.124 e. The van der Waals surface area contributed by atoms with Gasteiger partial charge in [0.1, 0.15) is 5.82 Å². The van der Waals surface area contributed by atoms with Crippen molar-refractivity contribution in [2.24, 2.45) is 0 Å². The van der Waals surface area contributed by atoms with Gasteiger partial charge in [-0.1, -0.05) is 11.6 Å². The zero-order valence-corrected chi connectivity index (χ0v) is 8.50. The van der Waals surface area contributed by atoms with Crippen LogP contribution in [-0.2, 0) is 0 Å². The van der Waals surface area contributed by atoms with Gasteiger partial charge in [0.2, 0.25) is 0 Å². The van der Waals surface area contributed by atoms with Crippen LogP contribution in [0.4, 0.5) is 10.1 Å². The summed E-state index contributed by atoms with van der Waals surface area (Å²) in [5.74, 6) is -0.362. The minimum absolute atomic E-state index is 0.340. The number of hydrogen-bond acceptors (Lipinski definition) is 2. The van der Waals surface area contributed by atoms with Crippen molar-refractivity contribution in [3.05, 3.63) is 47.4 Å². The number of nitrogens with zero attached hydrogens (tertiary/aromatic N) is 1. The van der Waals surface area contributed by atoms with Gasteiger partial charge in [0.05, 0.1) is 22.6 Å². The number of nitrogen functional groups attached to an aromatic ring is 1. The van der Waals surface area contributed by atoms with Gasteiger partial charge >= 0.3 is 0 Å². The lowest BCUT2D eigenvalue weighted by Crippen LogP contribution is -1.89. The van der Waals surface area contributed by atoms with Crippen molar-refractivity contribution in [1.82, 2.24) is 4.98 Å². The number of pyridine rings is 1. The molecular weight excluding hydrogens is 215 g/mol. The first kappa shape index (κ1) is 9.93. The maximum atomic E-state index is 12.8. The van der Waals surface area contributed by atoms with Gasteiger partial charge in [0.25, 0.3) is 0 Å². The molecule has 2 nitrogen and oxygen atoms in total. The Labute approximate surface area is 91.5 Å². The van der Waals surface area contributed by atoms with Crippen LogP contribution in [0.25, 0.3) is 11.3 Å². The minimum atomic E-state index is -0.362. The van der Waals surface area contributed by atoms with Crippen LogP contribution in [0.15, 0.2) is 36.5 Å². The summed E-state index contributed by atoms with van der Waals surface area (Å²) in [6, 6.07) is 7.67. The molecule has 2 rings (SSSR count). The van der Waals surface area contributed by atoms with Crippen molar-refractivity contribution >= 4 is 17.3 Å². The van der Waals surface area contributed by atoms with Crippen LogP contribution in [0.2, 0.25) is 5.02 Å². The summed E-state index contributed by atoms with van der Waals surface area (Å²) in [6.45, 7) is 0. The van der Waals surface area contributed by atoms with E-state index in [1.807, 2.05) is 0 Å². The van der Waals surface area contributed by atoms with E-state index in [1.165, 1.54) is 18.3 Å². The molecule has 4 heteroatoms. The summed E-state index contributed by atoms with van der Waals surface area (Å²) in [7, 11) is 0. The van der Waals surface area contributed by atoms with E-state index in [-0.39, 0.29) is 5.82 Å². The Morgan fingerprint density at radius 2 is 2.00 bits per heavy atom. The van der Waals surface area contributed by atoms with Crippen molar-refractivity contribution in [2.45, 2.75) is 0 Å². The molecule has 0 fully saturated rings. The third kappa shape index (κ3) is 2.07. The van der Waals surface area contributed by atoms with E-state index < -0.39 is 0 Å². The van der Waals surface area contributed by atoms with E-state index in [0.29, 0.717) is 22.0 Å². The summed E-state index contributed by atoms with van der Waals surface area (Å²) in [5.41, 5.74) is 7.46. The monoisotopic (exact) mass is 222 g/mol. The second kappa shape index (κ2) is 3.87. The van der Waals surface area contributed by atoms with Gasteiger partial charge in [-0.05, 0) is 30.3 Å². The highest BCUT2D eigenvalue weighted by atomic mass is 35.5. The minimum Gasteiger partial charge on any atom is -0.397 e. The number of anilines is 1. The van der Waals surface area contributed by atoms with Gasteiger partial charge in [0, 0.05) is 5.56 Å². The highest BCUT2D eigenvalue weighted by Gasteiger charge is 2.05. The third-order valence-electron chi connectivity index (χ3n) is 1.99. The van der Waals surface area contributed by atoms with Gasteiger partial charge in [-0.15, -0.1) is 0 Å². The first-order valence-electron chi connectivity index (χ1n) is 4.34. The quantitative estimate of drug-likeness (QED) is 0.805. The Hall–Kier alpha value is -1.61. The molecule has 1 heterocycles. The van der Waals surface area contributed by atoms with Crippen LogP contribution in [0.5, 0.6) is 0 Å². The molecule has 0 aliphatic rings. The van der Waals surface area contributed by atoms with Gasteiger partial charge in [-0.2, -0.15) is 0 Å². The second-order valence-corrected chi connectivity index (χ2v) is 3.51. The number of nitrogens with two attached hydrogens (primary N) is 1. The first-order valence-corrected chi connectivity index (χ1v) is 4.71.